The zero-order valence-corrected chi connectivity index (χ0v) is 11.4. The van der Waals surface area contributed by atoms with Gasteiger partial charge in [0.05, 0.1) is 5.52 Å². The number of aromatic nitrogens is 2. The predicted octanol–water partition coefficient (Wildman–Crippen LogP) is 2.13. The average molecular weight is 282 g/mol. The molecular weight excluding hydrogens is 268 g/mol. The van der Waals surface area contributed by atoms with Gasteiger partial charge < -0.3 is 15.7 Å². The van der Waals surface area contributed by atoms with Crippen molar-refractivity contribution in [1.82, 2.24) is 10.2 Å². The summed E-state index contributed by atoms with van der Waals surface area (Å²) in [5.41, 5.74) is 8.07. The third-order valence-electron chi connectivity index (χ3n) is 3.33. The molecule has 6 nitrogen and oxygen atoms in total. The molecule has 1 heterocycles. The standard InChI is InChI=1S/C15H14N4O2/c1-19(10-3-5-11(20)6-4-10)15(21)14-12-8-9(16)2-7-13(12)17-18-14/h2-8,20H,16H2,1H3,(H,17,18). The Morgan fingerprint density at radius 1 is 1.24 bits per heavy atom. The van der Waals surface area contributed by atoms with Gasteiger partial charge in [-0.25, -0.2) is 0 Å². The number of benzene rings is 2. The van der Waals surface area contributed by atoms with E-state index in [-0.39, 0.29) is 11.7 Å². The van der Waals surface area contributed by atoms with Gasteiger partial charge in [0.1, 0.15) is 5.75 Å². The monoisotopic (exact) mass is 282 g/mol. The number of nitrogens with zero attached hydrogens (tertiary/aromatic N) is 2. The maximum Gasteiger partial charge on any atom is 0.279 e. The van der Waals surface area contributed by atoms with Crippen molar-refractivity contribution in [2.45, 2.75) is 0 Å². The molecule has 1 aromatic heterocycles. The number of rotatable bonds is 2. The van der Waals surface area contributed by atoms with E-state index >= 15 is 0 Å². The van der Waals surface area contributed by atoms with Crippen LogP contribution in [-0.4, -0.2) is 28.3 Å². The highest BCUT2D eigenvalue weighted by atomic mass is 16.3. The Bertz CT molecular complexity index is 808. The maximum atomic E-state index is 12.6. The summed E-state index contributed by atoms with van der Waals surface area (Å²) in [7, 11) is 1.65. The molecule has 0 spiro atoms. The van der Waals surface area contributed by atoms with E-state index in [1.165, 1.54) is 17.0 Å². The molecule has 21 heavy (non-hydrogen) atoms. The van der Waals surface area contributed by atoms with E-state index in [0.29, 0.717) is 22.5 Å². The van der Waals surface area contributed by atoms with Crippen LogP contribution in [0.3, 0.4) is 0 Å². The Kier molecular flexibility index (Phi) is 2.98. The summed E-state index contributed by atoms with van der Waals surface area (Å²) in [5.74, 6) is -0.102. The molecule has 0 bridgehead atoms. The van der Waals surface area contributed by atoms with Gasteiger partial charge in [0, 0.05) is 23.8 Å². The van der Waals surface area contributed by atoms with Gasteiger partial charge in [-0.1, -0.05) is 0 Å². The number of aromatic hydroxyl groups is 1. The molecule has 0 aliphatic carbocycles. The minimum atomic E-state index is -0.252. The van der Waals surface area contributed by atoms with E-state index in [4.69, 9.17) is 5.73 Å². The SMILES string of the molecule is CN(C(=O)c1n[nH]c2ccc(N)cc12)c1ccc(O)cc1. The first-order valence-corrected chi connectivity index (χ1v) is 6.37. The van der Waals surface area contributed by atoms with Crippen LogP contribution in [-0.2, 0) is 0 Å². The number of carbonyl (C=O) groups is 1. The van der Waals surface area contributed by atoms with Crippen LogP contribution >= 0.6 is 0 Å². The number of phenolic OH excluding ortho intramolecular Hbond substituents is 1. The van der Waals surface area contributed by atoms with Crippen LogP contribution in [0.15, 0.2) is 42.5 Å². The summed E-state index contributed by atoms with van der Waals surface area (Å²) in [6, 6.07) is 11.6. The number of aromatic amines is 1. The molecule has 0 atom stereocenters. The van der Waals surface area contributed by atoms with Crippen molar-refractivity contribution in [2.24, 2.45) is 0 Å². The number of nitrogens with two attached hydrogens (primary N) is 1. The molecule has 0 aliphatic heterocycles. The second-order valence-electron chi connectivity index (χ2n) is 4.76. The van der Waals surface area contributed by atoms with Gasteiger partial charge in [-0.2, -0.15) is 5.10 Å². The average Bonchev–Trinajstić information content (AvgIpc) is 2.89. The highest BCUT2D eigenvalue weighted by Gasteiger charge is 2.19. The van der Waals surface area contributed by atoms with Crippen LogP contribution in [0.5, 0.6) is 5.75 Å². The Labute approximate surface area is 120 Å². The summed E-state index contributed by atoms with van der Waals surface area (Å²) in [6.07, 6.45) is 0. The van der Waals surface area contributed by atoms with Gasteiger partial charge in [-0.3, -0.25) is 9.89 Å². The minimum Gasteiger partial charge on any atom is -0.508 e. The molecule has 1 amide bonds. The van der Waals surface area contributed by atoms with Crippen LogP contribution in [0, 0.1) is 0 Å². The molecule has 0 radical (unpaired) electrons. The normalized spacial score (nSPS) is 10.7. The second-order valence-corrected chi connectivity index (χ2v) is 4.76. The van der Waals surface area contributed by atoms with Gasteiger partial charge in [0.25, 0.3) is 5.91 Å². The molecule has 0 saturated heterocycles. The fraction of sp³-hybridized carbons (Fsp3) is 0.0667. The number of hydrogen-bond donors (Lipinski definition) is 3. The van der Waals surface area contributed by atoms with Crippen molar-refractivity contribution in [2.75, 3.05) is 17.7 Å². The van der Waals surface area contributed by atoms with Crippen LogP contribution in [0.4, 0.5) is 11.4 Å². The Morgan fingerprint density at radius 2 is 1.95 bits per heavy atom. The van der Waals surface area contributed by atoms with Gasteiger partial charge in [-0.15, -0.1) is 0 Å². The first-order valence-electron chi connectivity index (χ1n) is 6.37. The summed E-state index contributed by atoms with van der Waals surface area (Å²) in [6.45, 7) is 0. The minimum absolute atomic E-state index is 0.151. The van der Waals surface area contributed by atoms with Crippen molar-refractivity contribution < 1.29 is 9.90 Å². The Hall–Kier alpha value is -3.02. The van der Waals surface area contributed by atoms with Gasteiger partial charge in [0.15, 0.2) is 5.69 Å². The molecule has 106 valence electrons. The number of hydrogen-bond acceptors (Lipinski definition) is 4. The third-order valence-corrected chi connectivity index (χ3v) is 3.33. The van der Waals surface area contributed by atoms with E-state index in [2.05, 4.69) is 10.2 Å². The number of phenols is 1. The largest absolute Gasteiger partial charge is 0.508 e. The maximum absolute atomic E-state index is 12.6. The number of nitrogen functional groups attached to an aromatic ring is 1. The van der Waals surface area contributed by atoms with Crippen LogP contribution < -0.4 is 10.6 Å². The molecule has 0 saturated carbocycles. The van der Waals surface area contributed by atoms with Gasteiger partial charge in [-0.05, 0) is 42.5 Å². The lowest BCUT2D eigenvalue weighted by atomic mass is 10.1. The zero-order chi connectivity index (χ0) is 15.0. The zero-order valence-electron chi connectivity index (χ0n) is 11.4. The van der Waals surface area contributed by atoms with Gasteiger partial charge >= 0.3 is 0 Å². The first kappa shape index (κ1) is 13.0. The molecule has 0 aliphatic rings. The van der Waals surface area contributed by atoms with Crippen molar-refractivity contribution in [3.8, 4) is 5.75 Å². The first-order chi connectivity index (χ1) is 10.1. The molecule has 3 rings (SSSR count). The number of amides is 1. The Morgan fingerprint density at radius 3 is 2.67 bits per heavy atom. The lowest BCUT2D eigenvalue weighted by Gasteiger charge is -2.16. The quantitative estimate of drug-likeness (QED) is 0.627. The molecule has 6 heteroatoms. The predicted molar refractivity (Wildman–Crippen MR) is 81.3 cm³/mol. The van der Waals surface area contributed by atoms with E-state index in [9.17, 15) is 9.90 Å². The summed E-state index contributed by atoms with van der Waals surface area (Å²) in [5, 5.41) is 16.9. The van der Waals surface area contributed by atoms with Gasteiger partial charge in [0.2, 0.25) is 0 Å². The molecule has 2 aromatic carbocycles. The summed E-state index contributed by atoms with van der Waals surface area (Å²) in [4.78, 5) is 14.0. The number of H-pyrrole nitrogens is 1. The molecule has 0 unspecified atom stereocenters. The number of nitrogens with one attached hydrogen (secondary N) is 1. The van der Waals surface area contributed by atoms with Crippen LogP contribution in [0.2, 0.25) is 0 Å². The van der Waals surface area contributed by atoms with Crippen LogP contribution in [0.25, 0.3) is 10.9 Å². The topological polar surface area (TPSA) is 95.2 Å². The van der Waals surface area contributed by atoms with E-state index in [1.54, 1.807) is 37.4 Å². The third kappa shape index (κ3) is 2.27. The summed E-state index contributed by atoms with van der Waals surface area (Å²) >= 11 is 0. The van der Waals surface area contributed by atoms with Crippen molar-refractivity contribution in [3.05, 3.63) is 48.2 Å². The summed E-state index contributed by atoms with van der Waals surface area (Å²) < 4.78 is 0. The van der Waals surface area contributed by atoms with E-state index in [1.807, 2.05) is 0 Å². The lowest BCUT2D eigenvalue weighted by Crippen LogP contribution is -2.26. The smallest absolute Gasteiger partial charge is 0.279 e. The number of carbonyl (C=O) groups excluding carboxylic acids is 1. The van der Waals surface area contributed by atoms with Crippen molar-refractivity contribution in [3.63, 3.8) is 0 Å². The highest BCUT2D eigenvalue weighted by Crippen LogP contribution is 2.23. The number of anilines is 2. The van der Waals surface area contributed by atoms with E-state index in [0.717, 1.165) is 5.52 Å². The van der Waals surface area contributed by atoms with Crippen LogP contribution in [0.1, 0.15) is 10.5 Å². The fourth-order valence-electron chi connectivity index (χ4n) is 2.15. The molecule has 3 aromatic rings. The molecule has 0 fully saturated rings. The molecular formula is C15H14N4O2. The van der Waals surface area contributed by atoms with E-state index < -0.39 is 0 Å². The Balaban J connectivity index is 2.00. The fourth-order valence-corrected chi connectivity index (χ4v) is 2.15. The molecule has 4 N–H and O–H groups in total. The van der Waals surface area contributed by atoms with Crippen molar-refractivity contribution >= 4 is 28.2 Å². The second kappa shape index (κ2) is 4.82. The van der Waals surface area contributed by atoms with Crippen molar-refractivity contribution in [1.29, 1.82) is 0 Å². The highest BCUT2D eigenvalue weighted by molar-refractivity contribution is 6.12. The lowest BCUT2D eigenvalue weighted by molar-refractivity contribution is 0.0989. The number of fused-ring (bicyclic) bond motifs is 1.